The minimum atomic E-state index is -0.587. The Morgan fingerprint density at radius 1 is 0.846 bits per heavy atom. The van der Waals surface area contributed by atoms with Crippen molar-refractivity contribution in [3.05, 3.63) is 128 Å². The quantitative estimate of drug-likeness (QED) is 0.185. The van der Waals surface area contributed by atoms with Gasteiger partial charge in [0.2, 0.25) is 0 Å². The Hall–Kier alpha value is -2.82. The molecule has 39 heavy (non-hydrogen) atoms. The molecule has 1 aliphatic rings. The molecule has 0 fully saturated rings. The summed E-state index contributed by atoms with van der Waals surface area (Å²) in [5, 5.41) is 18.7. The second kappa shape index (κ2) is 11.0. The van der Waals surface area contributed by atoms with Crippen LogP contribution in [0.25, 0.3) is 39.7 Å². The minimum absolute atomic E-state index is 0.314. The van der Waals surface area contributed by atoms with Crippen molar-refractivity contribution >= 4 is 61.4 Å². The van der Waals surface area contributed by atoms with Crippen molar-refractivity contribution in [2.75, 3.05) is 0 Å². The number of hydrogen-bond donors (Lipinski definition) is 1. The van der Waals surface area contributed by atoms with Crippen LogP contribution < -0.4 is 0 Å². The van der Waals surface area contributed by atoms with Gasteiger partial charge < -0.3 is 0 Å². The maximum absolute atomic E-state index is 11.1. The Balaban J connectivity index is 1.61. The molecule has 0 amide bonds. The molecular formula is C32H23Cl3N2OSe. The molecule has 1 heterocycles. The molecule has 0 aliphatic heterocycles. The summed E-state index contributed by atoms with van der Waals surface area (Å²) < 4.78 is 1.89. The van der Waals surface area contributed by atoms with Crippen LogP contribution in [0.15, 0.2) is 91.1 Å². The van der Waals surface area contributed by atoms with Crippen molar-refractivity contribution < 1.29 is 5.11 Å². The van der Waals surface area contributed by atoms with Gasteiger partial charge in [-0.3, -0.25) is 0 Å². The molecule has 3 nitrogen and oxygen atoms in total. The average molecular weight is 637 g/mol. The number of hydrogen-bond acceptors (Lipinski definition) is 2. The van der Waals surface area contributed by atoms with Crippen LogP contribution in [0.3, 0.4) is 0 Å². The van der Waals surface area contributed by atoms with E-state index in [1.54, 1.807) is 0 Å². The molecular weight excluding hydrogens is 614 g/mol. The number of benzene rings is 4. The first-order chi connectivity index (χ1) is 18.9. The number of aliphatic hydroxyl groups is 1. The Bertz CT molecular complexity index is 1710. The van der Waals surface area contributed by atoms with E-state index in [2.05, 4.69) is 11.9 Å². The molecule has 0 radical (unpaired) electrons. The van der Waals surface area contributed by atoms with Crippen LogP contribution >= 0.6 is 34.8 Å². The van der Waals surface area contributed by atoms with Crippen LogP contribution in [0.5, 0.6) is 0 Å². The summed E-state index contributed by atoms with van der Waals surface area (Å²) in [7, 11) is 0. The molecule has 0 bridgehead atoms. The standard InChI is InChI=1S/C32H23Cl3N2OSe/c1-39-18-30(38)29-16-23(35)15-28-26(27-14-22(34)11-12-25(27)31(28)29)13-20-17-37(24-5-3-2-4-6-24)36-32(20)19-7-9-21(33)10-8-19/h2-17,30,38H,18H2,1H3. The Morgan fingerprint density at radius 2 is 1.56 bits per heavy atom. The Kier molecular flexibility index (Phi) is 7.43. The summed E-state index contributed by atoms with van der Waals surface area (Å²) in [6.07, 6.45) is 3.60. The van der Waals surface area contributed by atoms with Gasteiger partial charge in [-0.2, -0.15) is 0 Å². The van der Waals surface area contributed by atoms with Crippen LogP contribution in [0.2, 0.25) is 26.2 Å². The van der Waals surface area contributed by atoms with E-state index in [1.165, 1.54) is 0 Å². The van der Waals surface area contributed by atoms with Crippen LogP contribution in [-0.2, 0) is 0 Å². The summed E-state index contributed by atoms with van der Waals surface area (Å²) in [6.45, 7) is 0. The number of nitrogens with zero attached hydrogens (tertiary/aromatic N) is 2. The van der Waals surface area contributed by atoms with Gasteiger partial charge in [0.15, 0.2) is 0 Å². The van der Waals surface area contributed by atoms with Crippen LogP contribution in [0, 0.1) is 0 Å². The van der Waals surface area contributed by atoms with Gasteiger partial charge in [-0.05, 0) is 0 Å². The van der Waals surface area contributed by atoms with Gasteiger partial charge in [0, 0.05) is 5.02 Å². The fourth-order valence-corrected chi connectivity index (χ4v) is 6.67. The fourth-order valence-electron chi connectivity index (χ4n) is 5.10. The SMILES string of the molecule is C[Se]CC(O)c1cc(Cl)cc2c1-c1ccc(Cl)cc1C2=Cc1cn(-c2ccccc2)nc1-c1ccc(Cl)cc1. The molecule has 1 N–H and O–H groups in total. The molecule has 6 rings (SSSR count). The second-order valence-electron chi connectivity index (χ2n) is 9.36. The van der Waals surface area contributed by atoms with E-state index in [0.717, 1.165) is 55.9 Å². The van der Waals surface area contributed by atoms with Gasteiger partial charge in [-0.1, -0.05) is 29.8 Å². The first kappa shape index (κ1) is 26.4. The van der Waals surface area contributed by atoms with E-state index < -0.39 is 6.10 Å². The van der Waals surface area contributed by atoms with Crippen molar-refractivity contribution in [1.29, 1.82) is 0 Å². The molecule has 4 aromatic carbocycles. The van der Waals surface area contributed by atoms with Gasteiger partial charge in [0.05, 0.1) is 0 Å². The zero-order chi connectivity index (χ0) is 27.1. The van der Waals surface area contributed by atoms with E-state index in [9.17, 15) is 5.11 Å². The summed E-state index contributed by atoms with van der Waals surface area (Å²) in [6, 6.07) is 27.5. The van der Waals surface area contributed by atoms with E-state index in [1.807, 2.05) is 95.8 Å². The number of aromatic nitrogens is 2. The van der Waals surface area contributed by atoms with Crippen molar-refractivity contribution in [3.63, 3.8) is 0 Å². The van der Waals surface area contributed by atoms with Crippen molar-refractivity contribution in [2.24, 2.45) is 0 Å². The zero-order valence-electron chi connectivity index (χ0n) is 20.9. The molecule has 5 aromatic rings. The Labute approximate surface area is 248 Å². The molecule has 0 saturated heterocycles. The third kappa shape index (κ3) is 5.10. The number of aliphatic hydroxyl groups excluding tert-OH is 1. The maximum atomic E-state index is 11.1. The molecule has 194 valence electrons. The monoisotopic (exact) mass is 636 g/mol. The summed E-state index contributed by atoms with van der Waals surface area (Å²) in [5.41, 5.74) is 9.56. The molecule has 1 unspecified atom stereocenters. The van der Waals surface area contributed by atoms with Gasteiger partial charge in [0.1, 0.15) is 0 Å². The van der Waals surface area contributed by atoms with E-state index in [0.29, 0.717) is 35.3 Å². The molecule has 1 aromatic heterocycles. The number of fused-ring (bicyclic) bond motifs is 3. The van der Waals surface area contributed by atoms with Crippen LogP contribution in [0.1, 0.15) is 28.4 Å². The van der Waals surface area contributed by atoms with Crippen molar-refractivity contribution in [3.8, 4) is 28.1 Å². The number of halogens is 3. The van der Waals surface area contributed by atoms with Crippen molar-refractivity contribution in [2.45, 2.75) is 17.2 Å². The normalized spacial score (nSPS) is 13.9. The van der Waals surface area contributed by atoms with Gasteiger partial charge in [-0.25, -0.2) is 0 Å². The molecule has 0 saturated carbocycles. The van der Waals surface area contributed by atoms with Gasteiger partial charge >= 0.3 is 215 Å². The van der Waals surface area contributed by atoms with Crippen molar-refractivity contribution in [1.82, 2.24) is 9.78 Å². The zero-order valence-corrected chi connectivity index (χ0v) is 24.9. The number of para-hydroxylation sites is 1. The first-order valence-electron chi connectivity index (χ1n) is 12.4. The second-order valence-corrected chi connectivity index (χ2v) is 12.6. The third-order valence-corrected chi connectivity index (χ3v) is 8.90. The molecule has 0 spiro atoms. The van der Waals surface area contributed by atoms with Crippen LogP contribution in [-0.4, -0.2) is 29.8 Å². The molecule has 1 atom stereocenters. The predicted molar refractivity (Wildman–Crippen MR) is 164 cm³/mol. The Morgan fingerprint density at radius 3 is 2.31 bits per heavy atom. The van der Waals surface area contributed by atoms with Gasteiger partial charge in [0.25, 0.3) is 0 Å². The fraction of sp³-hybridized carbons (Fsp3) is 0.0938. The van der Waals surface area contributed by atoms with E-state index >= 15 is 0 Å². The molecule has 7 heteroatoms. The topological polar surface area (TPSA) is 38.0 Å². The summed E-state index contributed by atoms with van der Waals surface area (Å²) >= 11 is 19.7. The predicted octanol–water partition coefficient (Wildman–Crippen LogP) is 9.27. The third-order valence-electron chi connectivity index (χ3n) is 6.83. The van der Waals surface area contributed by atoms with Crippen LogP contribution in [0.4, 0.5) is 0 Å². The first-order valence-corrected chi connectivity index (χ1v) is 16.4. The number of rotatable bonds is 6. The summed E-state index contributed by atoms with van der Waals surface area (Å²) in [5.74, 6) is 2.13. The van der Waals surface area contributed by atoms with E-state index in [4.69, 9.17) is 39.9 Å². The van der Waals surface area contributed by atoms with Gasteiger partial charge in [-0.15, -0.1) is 0 Å². The molecule has 1 aliphatic carbocycles. The summed E-state index contributed by atoms with van der Waals surface area (Å²) in [4.78, 5) is 0. The van der Waals surface area contributed by atoms with E-state index in [-0.39, 0.29) is 0 Å². The average Bonchev–Trinajstić information content (AvgIpc) is 3.49.